The van der Waals surface area contributed by atoms with Crippen LogP contribution in [0.15, 0.2) is 0 Å². The van der Waals surface area contributed by atoms with E-state index in [9.17, 15) is 4.79 Å². The van der Waals surface area contributed by atoms with Crippen molar-refractivity contribution in [2.75, 3.05) is 19.6 Å². The first kappa shape index (κ1) is 14.9. The number of carbonyl (C=O) groups is 1. The van der Waals surface area contributed by atoms with Crippen molar-refractivity contribution in [3.63, 3.8) is 0 Å². The van der Waals surface area contributed by atoms with Gasteiger partial charge in [-0.15, -0.1) is 0 Å². The standard InChI is InChI=1S/C18H31N3O/c22-18(17-11-14-3-1-2-4-16(14)20-17)21-9-7-15(8-10-21)19-12-13-5-6-13/h13-17,19-20H,1-12H2. The molecule has 4 fully saturated rings. The Morgan fingerprint density at radius 2 is 1.82 bits per heavy atom. The Hall–Kier alpha value is -0.610. The van der Waals surface area contributed by atoms with Gasteiger partial charge in [0.1, 0.15) is 0 Å². The summed E-state index contributed by atoms with van der Waals surface area (Å²) in [4.78, 5) is 14.9. The van der Waals surface area contributed by atoms with Crippen molar-refractivity contribution >= 4 is 5.91 Å². The molecule has 0 aromatic carbocycles. The van der Waals surface area contributed by atoms with Crippen molar-refractivity contribution in [3.8, 4) is 0 Å². The van der Waals surface area contributed by atoms with Gasteiger partial charge in [0.25, 0.3) is 0 Å². The molecule has 0 radical (unpaired) electrons. The lowest BCUT2D eigenvalue weighted by Gasteiger charge is -2.34. The molecule has 3 atom stereocenters. The molecule has 124 valence electrons. The van der Waals surface area contributed by atoms with Crippen molar-refractivity contribution in [1.29, 1.82) is 0 Å². The monoisotopic (exact) mass is 305 g/mol. The van der Waals surface area contributed by atoms with Gasteiger partial charge in [-0.25, -0.2) is 0 Å². The number of rotatable bonds is 4. The van der Waals surface area contributed by atoms with E-state index in [1.807, 2.05) is 0 Å². The summed E-state index contributed by atoms with van der Waals surface area (Å²) in [5.41, 5.74) is 0. The highest BCUT2D eigenvalue weighted by Crippen LogP contribution is 2.34. The summed E-state index contributed by atoms with van der Waals surface area (Å²) in [5, 5.41) is 7.34. The zero-order valence-corrected chi connectivity index (χ0v) is 13.7. The molecular formula is C18H31N3O. The number of fused-ring (bicyclic) bond motifs is 1. The fourth-order valence-corrected chi connectivity index (χ4v) is 4.69. The first-order valence-electron chi connectivity index (χ1n) is 9.58. The maximum atomic E-state index is 12.8. The molecule has 22 heavy (non-hydrogen) atoms. The van der Waals surface area contributed by atoms with Gasteiger partial charge in [-0.1, -0.05) is 12.8 Å². The molecule has 1 amide bonds. The second-order valence-electron chi connectivity index (χ2n) is 8.06. The van der Waals surface area contributed by atoms with Crippen LogP contribution in [0, 0.1) is 11.8 Å². The van der Waals surface area contributed by atoms with Gasteiger partial charge >= 0.3 is 0 Å². The molecular weight excluding hydrogens is 274 g/mol. The Bertz CT molecular complexity index is 387. The van der Waals surface area contributed by atoms with Crippen molar-refractivity contribution in [3.05, 3.63) is 0 Å². The van der Waals surface area contributed by atoms with Crippen LogP contribution < -0.4 is 10.6 Å². The maximum Gasteiger partial charge on any atom is 0.239 e. The van der Waals surface area contributed by atoms with E-state index in [0.29, 0.717) is 18.0 Å². The van der Waals surface area contributed by atoms with E-state index in [-0.39, 0.29) is 6.04 Å². The zero-order chi connectivity index (χ0) is 14.9. The van der Waals surface area contributed by atoms with Gasteiger partial charge in [0.05, 0.1) is 6.04 Å². The summed E-state index contributed by atoms with van der Waals surface area (Å²) < 4.78 is 0. The highest BCUT2D eigenvalue weighted by Gasteiger charge is 2.40. The lowest BCUT2D eigenvalue weighted by molar-refractivity contribution is -0.134. The molecule has 0 spiro atoms. The summed E-state index contributed by atoms with van der Waals surface area (Å²) in [6.45, 7) is 3.11. The van der Waals surface area contributed by atoms with Gasteiger partial charge in [-0.05, 0) is 63.3 Å². The van der Waals surface area contributed by atoms with E-state index in [1.54, 1.807) is 0 Å². The normalized spacial score (nSPS) is 36.4. The first-order chi connectivity index (χ1) is 10.8. The minimum atomic E-state index is 0.115. The SMILES string of the molecule is O=C(C1CC2CCCCC2N1)N1CCC(NCC2CC2)CC1. The molecule has 3 unspecified atom stereocenters. The van der Waals surface area contributed by atoms with Crippen molar-refractivity contribution in [1.82, 2.24) is 15.5 Å². The molecule has 4 nitrogen and oxygen atoms in total. The van der Waals surface area contributed by atoms with Crippen LogP contribution in [0.25, 0.3) is 0 Å². The van der Waals surface area contributed by atoms with E-state index in [2.05, 4.69) is 15.5 Å². The second-order valence-corrected chi connectivity index (χ2v) is 8.06. The van der Waals surface area contributed by atoms with Gasteiger partial charge in [0, 0.05) is 25.2 Å². The van der Waals surface area contributed by atoms with Crippen molar-refractivity contribution < 1.29 is 4.79 Å². The molecule has 2 saturated heterocycles. The van der Waals surface area contributed by atoms with Gasteiger partial charge in [-0.2, -0.15) is 0 Å². The Kier molecular flexibility index (Phi) is 4.40. The molecule has 2 aliphatic carbocycles. The van der Waals surface area contributed by atoms with Gasteiger partial charge in [0.2, 0.25) is 5.91 Å². The highest BCUT2D eigenvalue weighted by molar-refractivity contribution is 5.82. The van der Waals surface area contributed by atoms with Crippen molar-refractivity contribution in [2.24, 2.45) is 11.8 Å². The average Bonchev–Trinajstić information content (AvgIpc) is 3.29. The first-order valence-corrected chi connectivity index (χ1v) is 9.58. The molecule has 2 N–H and O–H groups in total. The zero-order valence-electron chi connectivity index (χ0n) is 13.7. The molecule has 4 aliphatic rings. The second kappa shape index (κ2) is 6.48. The van der Waals surface area contributed by atoms with Crippen LogP contribution in [0.5, 0.6) is 0 Å². The van der Waals surface area contributed by atoms with E-state index in [1.165, 1.54) is 45.1 Å². The Balaban J connectivity index is 1.23. The lowest BCUT2D eigenvalue weighted by Crippen LogP contribution is -2.51. The minimum absolute atomic E-state index is 0.115. The number of amides is 1. The summed E-state index contributed by atoms with van der Waals surface area (Å²) in [6, 6.07) is 1.38. The van der Waals surface area contributed by atoms with Crippen LogP contribution in [-0.2, 0) is 4.79 Å². The third kappa shape index (κ3) is 3.33. The Labute approximate surface area is 134 Å². The molecule has 0 aromatic rings. The fraction of sp³-hybridized carbons (Fsp3) is 0.944. The largest absolute Gasteiger partial charge is 0.341 e. The third-order valence-corrected chi connectivity index (χ3v) is 6.36. The lowest BCUT2D eigenvalue weighted by atomic mass is 9.85. The highest BCUT2D eigenvalue weighted by atomic mass is 16.2. The molecule has 0 aromatic heterocycles. The topological polar surface area (TPSA) is 44.4 Å². The molecule has 2 saturated carbocycles. The molecule has 4 rings (SSSR count). The minimum Gasteiger partial charge on any atom is -0.341 e. The summed E-state index contributed by atoms with van der Waals surface area (Å²) in [7, 11) is 0. The van der Waals surface area contributed by atoms with Crippen LogP contribution in [0.1, 0.15) is 57.8 Å². The van der Waals surface area contributed by atoms with E-state index < -0.39 is 0 Å². The third-order valence-electron chi connectivity index (χ3n) is 6.36. The van der Waals surface area contributed by atoms with E-state index in [0.717, 1.165) is 44.2 Å². The van der Waals surface area contributed by atoms with Gasteiger partial charge in [-0.3, -0.25) is 4.79 Å². The average molecular weight is 305 g/mol. The predicted molar refractivity (Wildman–Crippen MR) is 87.6 cm³/mol. The fourth-order valence-electron chi connectivity index (χ4n) is 4.69. The molecule has 2 aliphatic heterocycles. The summed E-state index contributed by atoms with van der Waals surface area (Å²) >= 11 is 0. The number of hydrogen-bond donors (Lipinski definition) is 2. The summed E-state index contributed by atoms with van der Waals surface area (Å²) in [5.74, 6) is 2.10. The quantitative estimate of drug-likeness (QED) is 0.834. The number of nitrogens with zero attached hydrogens (tertiary/aromatic N) is 1. The predicted octanol–water partition coefficient (Wildman–Crippen LogP) is 1.90. The van der Waals surface area contributed by atoms with Crippen molar-refractivity contribution in [2.45, 2.75) is 75.9 Å². The number of hydrogen-bond acceptors (Lipinski definition) is 3. The number of carbonyl (C=O) groups excluding carboxylic acids is 1. The van der Waals surface area contributed by atoms with Crippen LogP contribution in [0.2, 0.25) is 0 Å². The maximum absolute atomic E-state index is 12.8. The van der Waals surface area contributed by atoms with Crippen LogP contribution in [0.3, 0.4) is 0 Å². The van der Waals surface area contributed by atoms with E-state index >= 15 is 0 Å². The van der Waals surface area contributed by atoms with Crippen LogP contribution in [0.4, 0.5) is 0 Å². The number of nitrogens with one attached hydrogen (secondary N) is 2. The molecule has 4 heteroatoms. The molecule has 0 bridgehead atoms. The van der Waals surface area contributed by atoms with Crippen LogP contribution in [-0.4, -0.2) is 48.6 Å². The summed E-state index contributed by atoms with van der Waals surface area (Å²) in [6.07, 6.45) is 11.5. The van der Waals surface area contributed by atoms with Gasteiger partial charge < -0.3 is 15.5 Å². The molecule has 2 heterocycles. The number of piperidine rings is 1. The van der Waals surface area contributed by atoms with E-state index in [4.69, 9.17) is 0 Å². The Morgan fingerprint density at radius 1 is 1.05 bits per heavy atom. The number of likely N-dealkylation sites (tertiary alicyclic amines) is 1. The van der Waals surface area contributed by atoms with Crippen LogP contribution >= 0.6 is 0 Å². The Morgan fingerprint density at radius 3 is 2.55 bits per heavy atom. The smallest absolute Gasteiger partial charge is 0.239 e. The van der Waals surface area contributed by atoms with Gasteiger partial charge in [0.15, 0.2) is 0 Å².